The zero-order valence-electron chi connectivity index (χ0n) is 19.1. The summed E-state index contributed by atoms with van der Waals surface area (Å²) in [5.74, 6) is 0.300. The molecule has 34 heavy (non-hydrogen) atoms. The molecule has 1 amide bonds. The first kappa shape index (κ1) is 22.2. The van der Waals surface area contributed by atoms with E-state index in [1.807, 2.05) is 6.07 Å². The van der Waals surface area contributed by atoms with Crippen molar-refractivity contribution in [3.8, 4) is 16.9 Å². The number of hydrogen-bond acceptors (Lipinski definition) is 3. The number of halogens is 3. The molecule has 0 saturated heterocycles. The molecule has 2 aromatic heterocycles. The van der Waals surface area contributed by atoms with Crippen LogP contribution < -0.4 is 5.32 Å². The van der Waals surface area contributed by atoms with E-state index in [0.29, 0.717) is 45.9 Å². The van der Waals surface area contributed by atoms with E-state index in [9.17, 15) is 13.6 Å². The van der Waals surface area contributed by atoms with Crippen molar-refractivity contribution >= 4 is 28.8 Å². The molecule has 0 radical (unpaired) electrons. The maximum absolute atomic E-state index is 14.8. The van der Waals surface area contributed by atoms with E-state index in [2.05, 4.69) is 24.3 Å². The molecule has 4 aliphatic carbocycles. The van der Waals surface area contributed by atoms with Crippen LogP contribution in [0.15, 0.2) is 24.3 Å². The Morgan fingerprint density at radius 3 is 2.82 bits per heavy atom. The highest BCUT2D eigenvalue weighted by atomic mass is 35.5. The van der Waals surface area contributed by atoms with Crippen molar-refractivity contribution in [3.05, 3.63) is 56.4 Å². The van der Waals surface area contributed by atoms with E-state index in [1.165, 1.54) is 41.0 Å². The van der Waals surface area contributed by atoms with Gasteiger partial charge in [0.1, 0.15) is 11.5 Å². The first-order valence-electron chi connectivity index (χ1n) is 11.9. The summed E-state index contributed by atoms with van der Waals surface area (Å²) in [6, 6.07) is 5.24. The average Bonchev–Trinajstić information content (AvgIpc) is 3.37. The first-order valence-corrected chi connectivity index (χ1v) is 13.1. The number of carbonyl (C=O) groups excluding carboxylic acids is 1. The molecule has 7 rings (SSSR count). The number of rotatable bonds is 4. The monoisotopic (exact) mass is 501 g/mol. The molecule has 8 heteroatoms. The lowest BCUT2D eigenvalue weighted by Gasteiger charge is -2.60. The van der Waals surface area contributed by atoms with E-state index >= 15 is 0 Å². The largest absolute Gasteiger partial charge is 0.350 e. The van der Waals surface area contributed by atoms with Crippen LogP contribution >= 0.6 is 22.9 Å². The van der Waals surface area contributed by atoms with Crippen molar-refractivity contribution in [3.63, 3.8) is 0 Å². The maximum atomic E-state index is 14.8. The lowest BCUT2D eigenvalue weighted by molar-refractivity contribution is -0.103. The van der Waals surface area contributed by atoms with E-state index in [-0.39, 0.29) is 11.6 Å². The van der Waals surface area contributed by atoms with Crippen LogP contribution in [0.5, 0.6) is 0 Å². The minimum absolute atomic E-state index is 0.112. The maximum Gasteiger partial charge on any atom is 0.272 e. The Hall–Kier alpha value is -2.25. The van der Waals surface area contributed by atoms with E-state index in [4.69, 9.17) is 11.6 Å². The summed E-state index contributed by atoms with van der Waals surface area (Å²) in [4.78, 5) is 14.5. The van der Waals surface area contributed by atoms with Crippen LogP contribution in [0.1, 0.15) is 54.0 Å². The molecule has 1 aromatic carbocycles. The quantitative estimate of drug-likeness (QED) is 0.447. The second-order valence-corrected chi connectivity index (χ2v) is 12.2. The van der Waals surface area contributed by atoms with Crippen LogP contribution in [-0.2, 0) is 12.8 Å². The number of benzene rings is 1. The lowest BCUT2D eigenvalue weighted by Crippen LogP contribution is -2.54. The smallest absolute Gasteiger partial charge is 0.272 e. The zero-order valence-corrected chi connectivity index (χ0v) is 20.7. The number of amides is 1. The van der Waals surface area contributed by atoms with Gasteiger partial charge in [-0.05, 0) is 73.5 Å². The molecule has 2 bridgehead atoms. The standard InChI is InChI=1S/C26H26ClF2N3OS/c1-26(2)14-4-3-13(18(26)9-14)12-30-25(33)23-16-6-8-21-17(11-22(27)34-21)24(16)32(31-23)20-7-5-15(28)10-19(20)29/h5,7,10-11,13-14,18H,3-4,6,8-9,12H2,1-2H3,(H,30,33). The van der Waals surface area contributed by atoms with Crippen molar-refractivity contribution in [2.45, 2.75) is 46.0 Å². The van der Waals surface area contributed by atoms with Gasteiger partial charge in [-0.25, -0.2) is 13.5 Å². The second-order valence-electron chi connectivity index (χ2n) is 10.5. The highest BCUT2D eigenvalue weighted by Gasteiger charge is 2.54. The molecule has 3 fully saturated rings. The number of carbonyl (C=O) groups is 1. The van der Waals surface area contributed by atoms with Gasteiger partial charge in [0.15, 0.2) is 11.5 Å². The van der Waals surface area contributed by atoms with Crippen LogP contribution in [0.2, 0.25) is 4.34 Å². The molecule has 178 valence electrons. The van der Waals surface area contributed by atoms with Gasteiger partial charge in [-0.15, -0.1) is 11.3 Å². The molecule has 1 N–H and O–H groups in total. The average molecular weight is 502 g/mol. The predicted molar refractivity (Wildman–Crippen MR) is 130 cm³/mol. The predicted octanol–water partition coefficient (Wildman–Crippen LogP) is 6.43. The van der Waals surface area contributed by atoms with Crippen molar-refractivity contribution < 1.29 is 13.6 Å². The van der Waals surface area contributed by atoms with Gasteiger partial charge < -0.3 is 5.32 Å². The fourth-order valence-electron chi connectivity index (χ4n) is 6.51. The Morgan fingerprint density at radius 2 is 2.09 bits per heavy atom. The third-order valence-corrected chi connectivity index (χ3v) is 9.82. The number of aryl methyl sites for hydroxylation is 1. The molecule has 4 nitrogen and oxygen atoms in total. The summed E-state index contributed by atoms with van der Waals surface area (Å²) in [6.45, 7) is 5.32. The number of thiophene rings is 1. The summed E-state index contributed by atoms with van der Waals surface area (Å²) in [5.41, 5.74) is 3.09. The minimum Gasteiger partial charge on any atom is -0.350 e. The normalized spacial score (nSPS) is 24.2. The summed E-state index contributed by atoms with van der Waals surface area (Å²) >= 11 is 7.78. The number of nitrogens with one attached hydrogen (secondary N) is 1. The Labute approximate surface area is 206 Å². The van der Waals surface area contributed by atoms with Crippen molar-refractivity contribution in [1.82, 2.24) is 15.1 Å². The third-order valence-electron chi connectivity index (χ3n) is 8.50. The highest BCUT2D eigenvalue weighted by molar-refractivity contribution is 7.16. The van der Waals surface area contributed by atoms with Crippen LogP contribution in [0, 0.1) is 34.8 Å². The Kier molecular flexibility index (Phi) is 5.16. The fourth-order valence-corrected chi connectivity index (χ4v) is 7.78. The topological polar surface area (TPSA) is 46.9 Å². The zero-order chi connectivity index (χ0) is 23.8. The lowest BCUT2D eigenvalue weighted by atomic mass is 9.45. The van der Waals surface area contributed by atoms with Crippen molar-refractivity contribution in [2.24, 2.45) is 23.2 Å². The Balaban J connectivity index is 1.36. The third kappa shape index (κ3) is 3.34. The number of nitrogens with zero attached hydrogens (tertiary/aromatic N) is 2. The molecule has 2 heterocycles. The molecule has 0 spiro atoms. The molecule has 4 aliphatic rings. The number of fused-ring (bicyclic) bond motifs is 5. The summed E-state index contributed by atoms with van der Waals surface area (Å²) in [7, 11) is 0. The van der Waals surface area contributed by atoms with Gasteiger partial charge >= 0.3 is 0 Å². The molecular weight excluding hydrogens is 476 g/mol. The van der Waals surface area contributed by atoms with Crippen molar-refractivity contribution in [1.29, 1.82) is 0 Å². The summed E-state index contributed by atoms with van der Waals surface area (Å²) in [6.07, 6.45) is 4.98. The Morgan fingerprint density at radius 1 is 1.26 bits per heavy atom. The summed E-state index contributed by atoms with van der Waals surface area (Å²) < 4.78 is 30.5. The first-order chi connectivity index (χ1) is 16.2. The second kappa shape index (κ2) is 7.89. The summed E-state index contributed by atoms with van der Waals surface area (Å²) in [5, 5.41) is 7.72. The van der Waals surface area contributed by atoms with Crippen molar-refractivity contribution in [2.75, 3.05) is 6.54 Å². The van der Waals surface area contributed by atoms with Gasteiger partial charge in [-0.2, -0.15) is 5.10 Å². The van der Waals surface area contributed by atoms with Gasteiger partial charge in [-0.3, -0.25) is 4.79 Å². The van der Waals surface area contributed by atoms with Crippen LogP contribution in [0.4, 0.5) is 8.78 Å². The van der Waals surface area contributed by atoms with E-state index in [1.54, 1.807) is 0 Å². The Bertz CT molecular complexity index is 1310. The molecule has 0 aliphatic heterocycles. The van der Waals surface area contributed by atoms with Crippen LogP contribution in [0.25, 0.3) is 16.9 Å². The van der Waals surface area contributed by atoms with Gasteiger partial charge in [0, 0.05) is 28.6 Å². The molecule has 3 saturated carbocycles. The van der Waals surface area contributed by atoms with Crippen LogP contribution in [-0.4, -0.2) is 22.2 Å². The minimum atomic E-state index is -0.727. The van der Waals surface area contributed by atoms with E-state index in [0.717, 1.165) is 40.8 Å². The molecular formula is C26H26ClF2N3OS. The molecule has 3 unspecified atom stereocenters. The number of hydrogen-bond donors (Lipinski definition) is 1. The van der Waals surface area contributed by atoms with E-state index < -0.39 is 11.6 Å². The SMILES string of the molecule is CC1(C)C2CCC(CNC(=O)c3nn(-c4ccc(F)cc4F)c4c3CCc3sc(Cl)cc3-4)C1C2. The molecule has 3 atom stereocenters. The van der Waals surface area contributed by atoms with Gasteiger partial charge in [0.2, 0.25) is 0 Å². The van der Waals surface area contributed by atoms with Crippen LogP contribution in [0.3, 0.4) is 0 Å². The molecule has 3 aromatic rings. The van der Waals surface area contributed by atoms with Gasteiger partial charge in [0.25, 0.3) is 5.91 Å². The number of aromatic nitrogens is 2. The fraction of sp³-hybridized carbons (Fsp3) is 0.462. The highest BCUT2D eigenvalue weighted by Crippen LogP contribution is 2.61. The van der Waals surface area contributed by atoms with Gasteiger partial charge in [-0.1, -0.05) is 25.4 Å². The van der Waals surface area contributed by atoms with Gasteiger partial charge in [0.05, 0.1) is 10.0 Å².